The number of sulfonamides is 1. The van der Waals surface area contributed by atoms with Gasteiger partial charge < -0.3 is 10.6 Å². The van der Waals surface area contributed by atoms with Gasteiger partial charge in [0.05, 0.1) is 5.75 Å². The van der Waals surface area contributed by atoms with Gasteiger partial charge in [0.25, 0.3) is 0 Å². The Morgan fingerprint density at radius 3 is 2.16 bits per heavy atom. The first-order valence-electron chi connectivity index (χ1n) is 6.24. The first-order chi connectivity index (χ1) is 8.66. The Hall–Kier alpha value is -1.11. The van der Waals surface area contributed by atoms with Crippen LogP contribution in [0.1, 0.15) is 26.3 Å². The molecule has 0 saturated carbocycles. The Morgan fingerprint density at radius 2 is 1.68 bits per heavy atom. The summed E-state index contributed by atoms with van der Waals surface area (Å²) in [5.41, 5.74) is 1.77. The average molecular weight is 285 g/mol. The van der Waals surface area contributed by atoms with E-state index in [-0.39, 0.29) is 11.3 Å². The zero-order valence-electron chi connectivity index (χ0n) is 11.7. The molecular weight excluding hydrogens is 262 g/mol. The van der Waals surface area contributed by atoms with E-state index in [9.17, 15) is 8.42 Å². The van der Waals surface area contributed by atoms with Crippen LogP contribution >= 0.6 is 0 Å². The molecular formula is C13H23N3O2S. The number of rotatable bonds is 6. The van der Waals surface area contributed by atoms with Crippen LogP contribution in [0.3, 0.4) is 0 Å². The molecule has 5 nitrogen and oxygen atoms in total. The molecule has 0 heterocycles. The van der Waals surface area contributed by atoms with Crippen molar-refractivity contribution < 1.29 is 8.42 Å². The molecule has 19 heavy (non-hydrogen) atoms. The summed E-state index contributed by atoms with van der Waals surface area (Å²) in [7, 11) is -3.46. The van der Waals surface area contributed by atoms with E-state index in [0.29, 0.717) is 5.56 Å². The molecule has 0 aliphatic rings. The van der Waals surface area contributed by atoms with Gasteiger partial charge in [-0.25, -0.2) is 13.6 Å². The number of benzene rings is 1. The fourth-order valence-electron chi connectivity index (χ4n) is 1.60. The molecule has 0 aromatic heterocycles. The number of hydrogen-bond donors (Lipinski definition) is 3. The molecule has 4 N–H and O–H groups in total. The summed E-state index contributed by atoms with van der Waals surface area (Å²) in [6, 6.07) is 7.25. The molecule has 0 unspecified atom stereocenters. The van der Waals surface area contributed by atoms with Crippen LogP contribution in [0.4, 0.5) is 5.69 Å². The minimum atomic E-state index is -3.46. The molecule has 0 aliphatic carbocycles. The Bertz CT molecular complexity index is 490. The number of nitrogens with one attached hydrogen (secondary N) is 2. The van der Waals surface area contributed by atoms with Crippen molar-refractivity contribution in [3.05, 3.63) is 29.8 Å². The SMILES string of the molecule is CC(C)(C)NCCNc1ccc(CS(N)(=O)=O)cc1. The zero-order chi connectivity index (χ0) is 14.5. The Balaban J connectivity index is 2.41. The summed E-state index contributed by atoms with van der Waals surface area (Å²) in [4.78, 5) is 0. The van der Waals surface area contributed by atoms with Crippen LogP contribution in [0.15, 0.2) is 24.3 Å². The maximum absolute atomic E-state index is 10.9. The molecule has 108 valence electrons. The lowest BCUT2D eigenvalue weighted by atomic mass is 10.1. The van der Waals surface area contributed by atoms with Crippen molar-refractivity contribution in [3.8, 4) is 0 Å². The zero-order valence-corrected chi connectivity index (χ0v) is 12.5. The van der Waals surface area contributed by atoms with Crippen LogP contribution in [-0.4, -0.2) is 27.0 Å². The van der Waals surface area contributed by atoms with E-state index in [1.165, 1.54) is 0 Å². The van der Waals surface area contributed by atoms with Crippen LogP contribution < -0.4 is 15.8 Å². The highest BCUT2D eigenvalue weighted by atomic mass is 32.2. The average Bonchev–Trinajstić information content (AvgIpc) is 2.23. The van der Waals surface area contributed by atoms with Gasteiger partial charge in [-0.1, -0.05) is 12.1 Å². The summed E-state index contributed by atoms with van der Waals surface area (Å²) in [6.07, 6.45) is 0. The van der Waals surface area contributed by atoms with E-state index in [4.69, 9.17) is 5.14 Å². The summed E-state index contributed by atoms with van der Waals surface area (Å²) in [5.74, 6) is -0.126. The summed E-state index contributed by atoms with van der Waals surface area (Å²) in [5, 5.41) is 11.6. The van der Waals surface area contributed by atoms with Crippen molar-refractivity contribution in [3.63, 3.8) is 0 Å². The molecule has 6 heteroatoms. The maximum Gasteiger partial charge on any atom is 0.213 e. The van der Waals surface area contributed by atoms with E-state index in [1.54, 1.807) is 12.1 Å². The number of hydrogen-bond acceptors (Lipinski definition) is 4. The second kappa shape index (κ2) is 6.36. The van der Waals surface area contributed by atoms with Crippen LogP contribution in [0.2, 0.25) is 0 Å². The lowest BCUT2D eigenvalue weighted by Crippen LogP contribution is -2.38. The molecule has 0 saturated heterocycles. The monoisotopic (exact) mass is 285 g/mol. The van der Waals surface area contributed by atoms with E-state index in [1.807, 2.05) is 12.1 Å². The minimum Gasteiger partial charge on any atom is -0.384 e. The standard InChI is InChI=1S/C13H23N3O2S/c1-13(2,3)16-9-8-15-12-6-4-11(5-7-12)10-19(14,17)18/h4-7,15-16H,8-10H2,1-3H3,(H2,14,17,18). The smallest absolute Gasteiger partial charge is 0.213 e. The first-order valence-corrected chi connectivity index (χ1v) is 7.96. The van der Waals surface area contributed by atoms with Gasteiger partial charge in [0.15, 0.2) is 0 Å². The molecule has 1 rings (SSSR count). The molecule has 0 atom stereocenters. The van der Waals surface area contributed by atoms with E-state index >= 15 is 0 Å². The second-order valence-electron chi connectivity index (χ2n) is 5.61. The normalized spacial score (nSPS) is 12.4. The van der Waals surface area contributed by atoms with Gasteiger partial charge in [-0.15, -0.1) is 0 Å². The van der Waals surface area contributed by atoms with Crippen molar-refractivity contribution in [1.29, 1.82) is 0 Å². The van der Waals surface area contributed by atoms with Crippen LogP contribution in [0.25, 0.3) is 0 Å². The van der Waals surface area contributed by atoms with E-state index in [2.05, 4.69) is 31.4 Å². The first kappa shape index (κ1) is 15.9. The van der Waals surface area contributed by atoms with Gasteiger partial charge in [-0.2, -0.15) is 0 Å². The Labute approximate surface area is 115 Å². The predicted octanol–water partition coefficient (Wildman–Crippen LogP) is 1.28. The summed E-state index contributed by atoms with van der Waals surface area (Å²) in [6.45, 7) is 8.04. The van der Waals surface area contributed by atoms with Gasteiger partial charge in [-0.3, -0.25) is 0 Å². The van der Waals surface area contributed by atoms with Crippen molar-refractivity contribution >= 4 is 15.7 Å². The Kier molecular flexibility index (Phi) is 5.34. The van der Waals surface area contributed by atoms with E-state index < -0.39 is 10.0 Å². The van der Waals surface area contributed by atoms with Crippen molar-refractivity contribution in [2.45, 2.75) is 32.1 Å². The molecule has 1 aromatic rings. The highest BCUT2D eigenvalue weighted by Crippen LogP contribution is 2.10. The number of nitrogens with two attached hydrogens (primary N) is 1. The third-order valence-corrected chi connectivity index (χ3v) is 3.17. The van der Waals surface area contributed by atoms with Gasteiger partial charge in [0.2, 0.25) is 10.0 Å². The molecule has 0 spiro atoms. The molecule has 0 fully saturated rings. The van der Waals surface area contributed by atoms with Crippen molar-refractivity contribution in [2.75, 3.05) is 18.4 Å². The van der Waals surface area contributed by atoms with Crippen LogP contribution in [0.5, 0.6) is 0 Å². The lowest BCUT2D eigenvalue weighted by Gasteiger charge is -2.20. The van der Waals surface area contributed by atoms with Gasteiger partial charge in [-0.05, 0) is 38.5 Å². The largest absolute Gasteiger partial charge is 0.384 e. The number of anilines is 1. The third-order valence-electron chi connectivity index (χ3n) is 2.43. The van der Waals surface area contributed by atoms with Gasteiger partial charge >= 0.3 is 0 Å². The number of primary sulfonamides is 1. The predicted molar refractivity (Wildman–Crippen MR) is 79.5 cm³/mol. The maximum atomic E-state index is 10.9. The van der Waals surface area contributed by atoms with Crippen molar-refractivity contribution in [2.24, 2.45) is 5.14 Å². The van der Waals surface area contributed by atoms with Crippen LogP contribution in [0, 0.1) is 0 Å². The second-order valence-corrected chi connectivity index (χ2v) is 7.22. The minimum absolute atomic E-state index is 0.112. The van der Waals surface area contributed by atoms with Crippen LogP contribution in [-0.2, 0) is 15.8 Å². The molecule has 0 bridgehead atoms. The van der Waals surface area contributed by atoms with Gasteiger partial charge in [0.1, 0.15) is 0 Å². The summed E-state index contributed by atoms with van der Waals surface area (Å²) < 4.78 is 21.9. The fourth-order valence-corrected chi connectivity index (χ4v) is 2.25. The highest BCUT2D eigenvalue weighted by molar-refractivity contribution is 7.88. The Morgan fingerprint density at radius 1 is 1.11 bits per heavy atom. The van der Waals surface area contributed by atoms with Crippen molar-refractivity contribution in [1.82, 2.24) is 5.32 Å². The molecule has 0 amide bonds. The lowest BCUT2D eigenvalue weighted by molar-refractivity contribution is 0.435. The quantitative estimate of drug-likeness (QED) is 0.687. The summed E-state index contributed by atoms with van der Waals surface area (Å²) >= 11 is 0. The van der Waals surface area contributed by atoms with E-state index in [0.717, 1.165) is 18.8 Å². The molecule has 1 aromatic carbocycles. The van der Waals surface area contributed by atoms with Gasteiger partial charge in [0, 0.05) is 24.3 Å². The molecule has 0 aliphatic heterocycles. The fraction of sp³-hybridized carbons (Fsp3) is 0.538. The third kappa shape index (κ3) is 7.81. The molecule has 0 radical (unpaired) electrons. The topological polar surface area (TPSA) is 84.2 Å². The highest BCUT2D eigenvalue weighted by Gasteiger charge is 2.07.